The number of carbonyl (C=O) groups excluding carboxylic acids is 2. The fourth-order valence-electron chi connectivity index (χ4n) is 9.60. The van der Waals surface area contributed by atoms with Gasteiger partial charge in [0.25, 0.3) is 0 Å². The van der Waals surface area contributed by atoms with Gasteiger partial charge in [0.1, 0.15) is 6.61 Å². The average molecular weight is 1050 g/mol. The molecule has 0 aromatic rings. The molecule has 0 spiro atoms. The third-order valence-electron chi connectivity index (χ3n) is 14.5. The van der Waals surface area contributed by atoms with E-state index in [4.69, 9.17) is 9.47 Å². The van der Waals surface area contributed by atoms with Gasteiger partial charge in [-0.05, 0) is 70.6 Å². The number of esters is 2. The number of rotatable bonds is 60. The van der Waals surface area contributed by atoms with Crippen LogP contribution in [-0.4, -0.2) is 36.4 Å². The van der Waals surface area contributed by atoms with Gasteiger partial charge in [0.15, 0.2) is 6.10 Å². The van der Waals surface area contributed by atoms with E-state index in [1.165, 1.54) is 218 Å². The molecule has 1 unspecified atom stereocenters. The second kappa shape index (κ2) is 65.4. The molecule has 0 aromatic carbocycles. The van der Waals surface area contributed by atoms with E-state index < -0.39 is 6.10 Å². The van der Waals surface area contributed by atoms with Crippen molar-refractivity contribution in [3.63, 3.8) is 0 Å². The molecule has 5 nitrogen and oxygen atoms in total. The van der Waals surface area contributed by atoms with E-state index in [9.17, 15) is 14.7 Å². The molecule has 0 bridgehead atoms. The van der Waals surface area contributed by atoms with Crippen molar-refractivity contribution in [2.24, 2.45) is 0 Å². The topological polar surface area (TPSA) is 72.8 Å². The van der Waals surface area contributed by atoms with Crippen LogP contribution in [-0.2, 0) is 19.1 Å². The van der Waals surface area contributed by atoms with Crippen molar-refractivity contribution >= 4 is 11.9 Å². The molecule has 0 amide bonds. The van der Waals surface area contributed by atoms with E-state index in [1.54, 1.807) is 0 Å². The van der Waals surface area contributed by atoms with Crippen LogP contribution in [0.15, 0.2) is 85.1 Å². The normalized spacial score (nSPS) is 12.7. The van der Waals surface area contributed by atoms with Crippen molar-refractivity contribution in [3.05, 3.63) is 85.1 Å². The Balaban J connectivity index is 3.44. The number of allylic oxidation sites excluding steroid dienone is 14. The highest BCUT2D eigenvalue weighted by atomic mass is 16.6. The van der Waals surface area contributed by atoms with Crippen LogP contribution < -0.4 is 0 Å². The van der Waals surface area contributed by atoms with E-state index in [0.717, 1.165) is 83.5 Å². The predicted molar refractivity (Wildman–Crippen MR) is 329 cm³/mol. The number of aliphatic hydroxyl groups excluding tert-OH is 1. The molecule has 0 rings (SSSR count). The van der Waals surface area contributed by atoms with E-state index in [0.29, 0.717) is 12.8 Å². The molecule has 0 aliphatic carbocycles. The highest BCUT2D eigenvalue weighted by Crippen LogP contribution is 2.18. The summed E-state index contributed by atoms with van der Waals surface area (Å²) in [6.45, 7) is 4.07. The Morgan fingerprint density at radius 1 is 0.320 bits per heavy atom. The number of carbonyl (C=O) groups is 2. The quantitative estimate of drug-likeness (QED) is 0.0373. The first-order chi connectivity index (χ1) is 37.1. The first-order valence-corrected chi connectivity index (χ1v) is 32.6. The second-order valence-electron chi connectivity index (χ2n) is 21.8. The molecular weight excluding hydrogens is 921 g/mol. The summed E-state index contributed by atoms with van der Waals surface area (Å²) in [6.07, 6.45) is 91.7. The van der Waals surface area contributed by atoms with Crippen molar-refractivity contribution < 1.29 is 24.2 Å². The van der Waals surface area contributed by atoms with Gasteiger partial charge in [0.2, 0.25) is 0 Å². The molecular formula is C70H124O5. The summed E-state index contributed by atoms with van der Waals surface area (Å²) in [7, 11) is 0. The van der Waals surface area contributed by atoms with Crippen molar-refractivity contribution in [2.45, 2.75) is 335 Å². The van der Waals surface area contributed by atoms with Crippen LogP contribution in [0.5, 0.6) is 0 Å². The Kier molecular flexibility index (Phi) is 62.8. The maximum Gasteiger partial charge on any atom is 0.306 e. The zero-order valence-electron chi connectivity index (χ0n) is 49.8. The predicted octanol–water partition coefficient (Wildman–Crippen LogP) is 22.5. The minimum absolute atomic E-state index is 0.0616. The molecule has 0 aliphatic rings. The van der Waals surface area contributed by atoms with Crippen LogP contribution >= 0.6 is 0 Å². The summed E-state index contributed by atoms with van der Waals surface area (Å²) in [5.74, 6) is -0.573. The third-order valence-corrected chi connectivity index (χ3v) is 14.5. The third kappa shape index (κ3) is 63.5. The van der Waals surface area contributed by atoms with Crippen LogP contribution in [0, 0.1) is 0 Å². The SMILES string of the molecule is CC/C=C\C/C=C\C/C=C\C/C=C\C/C=C\C/C=C\C/C=C\CCCCCCCCCCCCCCCCCCCCCC(=O)OC(CO)COC(=O)CCCCCCCCCCCCCCCCCCCCCC. The first-order valence-electron chi connectivity index (χ1n) is 32.6. The molecule has 0 aromatic heterocycles. The van der Waals surface area contributed by atoms with Gasteiger partial charge in [-0.3, -0.25) is 9.59 Å². The zero-order valence-corrected chi connectivity index (χ0v) is 49.8. The molecule has 0 radical (unpaired) electrons. The zero-order chi connectivity index (χ0) is 54.1. The van der Waals surface area contributed by atoms with Crippen molar-refractivity contribution in [3.8, 4) is 0 Å². The van der Waals surface area contributed by atoms with Crippen LogP contribution in [0.4, 0.5) is 0 Å². The summed E-state index contributed by atoms with van der Waals surface area (Å²) >= 11 is 0. The largest absolute Gasteiger partial charge is 0.462 e. The second-order valence-corrected chi connectivity index (χ2v) is 21.8. The number of unbranched alkanes of at least 4 members (excludes halogenated alkanes) is 38. The maximum atomic E-state index is 12.3. The number of aliphatic hydroxyl groups is 1. The van der Waals surface area contributed by atoms with Crippen molar-refractivity contribution in [1.29, 1.82) is 0 Å². The molecule has 434 valence electrons. The highest BCUT2D eigenvalue weighted by Gasteiger charge is 2.16. The van der Waals surface area contributed by atoms with Crippen molar-refractivity contribution in [2.75, 3.05) is 13.2 Å². The van der Waals surface area contributed by atoms with Gasteiger partial charge >= 0.3 is 11.9 Å². The molecule has 0 saturated heterocycles. The smallest absolute Gasteiger partial charge is 0.306 e. The van der Waals surface area contributed by atoms with E-state index in [1.807, 2.05) is 0 Å². The summed E-state index contributed by atoms with van der Waals surface area (Å²) in [5, 5.41) is 9.68. The lowest BCUT2D eigenvalue weighted by atomic mass is 10.0. The maximum absolute atomic E-state index is 12.3. The molecule has 0 aliphatic heterocycles. The summed E-state index contributed by atoms with van der Waals surface area (Å²) in [5.41, 5.74) is 0. The van der Waals surface area contributed by atoms with Gasteiger partial charge in [0, 0.05) is 12.8 Å². The Labute approximate surface area is 466 Å². The summed E-state index contributed by atoms with van der Waals surface area (Å²) in [4.78, 5) is 24.6. The minimum Gasteiger partial charge on any atom is -0.462 e. The van der Waals surface area contributed by atoms with E-state index in [2.05, 4.69) is 98.9 Å². The van der Waals surface area contributed by atoms with Gasteiger partial charge in [-0.2, -0.15) is 0 Å². The Bertz CT molecular complexity index is 1370. The van der Waals surface area contributed by atoms with E-state index in [-0.39, 0.29) is 25.2 Å². The average Bonchev–Trinajstić information content (AvgIpc) is 3.41. The lowest BCUT2D eigenvalue weighted by molar-refractivity contribution is -0.161. The van der Waals surface area contributed by atoms with Gasteiger partial charge in [-0.25, -0.2) is 0 Å². The van der Waals surface area contributed by atoms with Crippen LogP contribution in [0.3, 0.4) is 0 Å². The van der Waals surface area contributed by atoms with Gasteiger partial charge < -0.3 is 14.6 Å². The van der Waals surface area contributed by atoms with Crippen LogP contribution in [0.1, 0.15) is 328 Å². The van der Waals surface area contributed by atoms with Crippen LogP contribution in [0.2, 0.25) is 0 Å². The van der Waals surface area contributed by atoms with E-state index >= 15 is 0 Å². The number of hydrogen-bond acceptors (Lipinski definition) is 5. The molecule has 5 heteroatoms. The molecule has 75 heavy (non-hydrogen) atoms. The Morgan fingerprint density at radius 2 is 0.573 bits per heavy atom. The number of hydrogen-bond donors (Lipinski definition) is 1. The minimum atomic E-state index is -0.771. The molecule has 0 fully saturated rings. The summed E-state index contributed by atoms with van der Waals surface area (Å²) in [6, 6.07) is 0. The monoisotopic (exact) mass is 1040 g/mol. The van der Waals surface area contributed by atoms with Crippen LogP contribution in [0.25, 0.3) is 0 Å². The lowest BCUT2D eigenvalue weighted by Crippen LogP contribution is -2.28. The fraction of sp³-hybridized carbons (Fsp3) is 0.771. The number of ether oxygens (including phenoxy) is 2. The first kappa shape index (κ1) is 72.1. The standard InChI is InChI=1S/C70H124O5/c1-3-5-7-9-11-13-15-17-19-21-23-25-26-27-28-29-30-31-32-33-34-35-36-37-38-39-40-41-42-43-44-45-47-49-51-53-55-57-59-61-63-65-70(73)75-68(66-71)67-74-69(72)64-62-60-58-56-54-52-50-48-46-24-22-20-18-16-14-12-10-8-6-4-2/h5,7,11,13,17,19,23,25,27-28,30-31,33-34,68,71H,3-4,6,8-10,12,14-16,18,20-22,24,26,29,32,35-67H2,1-2H3/b7-5-,13-11-,19-17-,25-23-,28-27-,31-30-,34-33-. The molecule has 0 heterocycles. The van der Waals surface area contributed by atoms with Gasteiger partial charge in [0.05, 0.1) is 6.61 Å². The van der Waals surface area contributed by atoms with Gasteiger partial charge in [-0.15, -0.1) is 0 Å². The Morgan fingerprint density at radius 3 is 0.867 bits per heavy atom. The van der Waals surface area contributed by atoms with Crippen molar-refractivity contribution in [1.82, 2.24) is 0 Å². The highest BCUT2D eigenvalue weighted by molar-refractivity contribution is 5.70. The molecule has 1 N–H and O–H groups in total. The van der Waals surface area contributed by atoms with Gasteiger partial charge in [-0.1, -0.05) is 330 Å². The molecule has 1 atom stereocenters. The molecule has 0 saturated carbocycles. The lowest BCUT2D eigenvalue weighted by Gasteiger charge is -2.15. The Hall–Kier alpha value is -2.92. The summed E-state index contributed by atoms with van der Waals surface area (Å²) < 4.78 is 10.7. The fourth-order valence-corrected chi connectivity index (χ4v) is 9.60.